The number of hydrogen-bond donors (Lipinski definition) is 2. The zero-order valence-corrected chi connectivity index (χ0v) is 11.3. The number of fused-ring (bicyclic) bond motifs is 1. The maximum Gasteiger partial charge on any atom is 0.162 e. The molecule has 0 bridgehead atoms. The number of rotatable bonds is 5. The molecule has 0 radical (unpaired) electrons. The van der Waals surface area contributed by atoms with E-state index in [1.165, 1.54) is 0 Å². The van der Waals surface area contributed by atoms with Crippen LogP contribution in [0, 0.1) is 0 Å². The van der Waals surface area contributed by atoms with Crippen molar-refractivity contribution in [2.75, 3.05) is 32.6 Å². The molecule has 1 heterocycles. The van der Waals surface area contributed by atoms with Crippen LogP contribution >= 0.6 is 11.8 Å². The van der Waals surface area contributed by atoms with Crippen molar-refractivity contribution >= 4 is 11.8 Å². The van der Waals surface area contributed by atoms with Crippen LogP contribution in [0.1, 0.15) is 6.42 Å². The summed E-state index contributed by atoms with van der Waals surface area (Å²) in [6.07, 6.45) is 0.920. The molecule has 2 N–H and O–H groups in total. The number of hydrogen-bond acceptors (Lipinski definition) is 5. The minimum atomic E-state index is 0.117. The van der Waals surface area contributed by atoms with Gasteiger partial charge in [0.05, 0.1) is 19.8 Å². The molecule has 0 aliphatic carbocycles. The van der Waals surface area contributed by atoms with Crippen LogP contribution in [0.5, 0.6) is 11.5 Å². The standard InChI is InChI=1S/C13H19NO3S/c1-14-10(8-15)9-18-11-3-4-12-13(7-11)17-6-2-5-16-12/h3-4,7,10,14-15H,2,5-6,8-9H2,1H3. The van der Waals surface area contributed by atoms with Crippen LogP contribution in [-0.2, 0) is 0 Å². The van der Waals surface area contributed by atoms with Crippen molar-refractivity contribution in [2.24, 2.45) is 0 Å². The van der Waals surface area contributed by atoms with Crippen LogP contribution in [-0.4, -0.2) is 43.8 Å². The summed E-state index contributed by atoms with van der Waals surface area (Å²) in [7, 11) is 1.86. The Hall–Kier alpha value is -0.910. The third kappa shape index (κ3) is 3.54. The Morgan fingerprint density at radius 2 is 2.11 bits per heavy atom. The Kier molecular flexibility index (Phi) is 5.16. The van der Waals surface area contributed by atoms with Gasteiger partial charge in [0.2, 0.25) is 0 Å². The molecule has 1 aliphatic heterocycles. The van der Waals surface area contributed by atoms with E-state index in [4.69, 9.17) is 14.6 Å². The largest absolute Gasteiger partial charge is 0.490 e. The Labute approximate surface area is 112 Å². The van der Waals surface area contributed by atoms with Crippen LogP contribution in [0.3, 0.4) is 0 Å². The fourth-order valence-electron chi connectivity index (χ4n) is 1.66. The van der Waals surface area contributed by atoms with Gasteiger partial charge in [-0.05, 0) is 25.2 Å². The van der Waals surface area contributed by atoms with Crippen molar-refractivity contribution in [3.8, 4) is 11.5 Å². The fraction of sp³-hybridized carbons (Fsp3) is 0.538. The predicted molar refractivity (Wildman–Crippen MR) is 72.7 cm³/mol. The van der Waals surface area contributed by atoms with Gasteiger partial charge in [-0.25, -0.2) is 0 Å². The first-order chi connectivity index (χ1) is 8.83. The average Bonchev–Trinajstić information content (AvgIpc) is 2.64. The Morgan fingerprint density at radius 1 is 1.33 bits per heavy atom. The van der Waals surface area contributed by atoms with Gasteiger partial charge in [0.25, 0.3) is 0 Å². The molecule has 18 heavy (non-hydrogen) atoms. The number of nitrogens with one attached hydrogen (secondary N) is 1. The molecule has 4 nitrogen and oxygen atoms in total. The number of aliphatic hydroxyl groups excluding tert-OH is 1. The summed E-state index contributed by atoms with van der Waals surface area (Å²) in [5.41, 5.74) is 0. The zero-order valence-electron chi connectivity index (χ0n) is 10.5. The molecule has 1 aliphatic rings. The SMILES string of the molecule is CNC(CO)CSc1ccc2c(c1)OCCCO2. The van der Waals surface area contributed by atoms with Crippen LogP contribution in [0.15, 0.2) is 23.1 Å². The molecule has 1 atom stereocenters. The molecule has 0 amide bonds. The van der Waals surface area contributed by atoms with Gasteiger partial charge in [-0.2, -0.15) is 0 Å². The molecule has 0 saturated carbocycles. The van der Waals surface area contributed by atoms with Crippen LogP contribution < -0.4 is 14.8 Å². The number of thioether (sulfide) groups is 1. The maximum absolute atomic E-state index is 9.11. The lowest BCUT2D eigenvalue weighted by Gasteiger charge is -2.13. The molecule has 100 valence electrons. The molecule has 1 aromatic rings. The van der Waals surface area contributed by atoms with E-state index in [1.807, 2.05) is 25.2 Å². The van der Waals surface area contributed by atoms with Gasteiger partial charge in [-0.15, -0.1) is 11.8 Å². The Morgan fingerprint density at radius 3 is 2.83 bits per heavy atom. The van der Waals surface area contributed by atoms with E-state index in [-0.39, 0.29) is 12.6 Å². The van der Waals surface area contributed by atoms with E-state index >= 15 is 0 Å². The van der Waals surface area contributed by atoms with Gasteiger partial charge in [0, 0.05) is 23.1 Å². The van der Waals surface area contributed by atoms with E-state index in [9.17, 15) is 0 Å². The van der Waals surface area contributed by atoms with E-state index in [2.05, 4.69) is 5.32 Å². The highest BCUT2D eigenvalue weighted by Crippen LogP contribution is 2.33. The van der Waals surface area contributed by atoms with Gasteiger partial charge in [-0.3, -0.25) is 0 Å². The number of ether oxygens (including phenoxy) is 2. The molecule has 2 rings (SSSR count). The minimum Gasteiger partial charge on any atom is -0.490 e. The zero-order chi connectivity index (χ0) is 12.8. The Bertz CT molecular complexity index is 382. The molecule has 0 aromatic heterocycles. The van der Waals surface area contributed by atoms with Crippen LogP contribution in [0.4, 0.5) is 0 Å². The smallest absolute Gasteiger partial charge is 0.162 e. The van der Waals surface area contributed by atoms with Gasteiger partial charge >= 0.3 is 0 Å². The molecule has 0 saturated heterocycles. The molecule has 1 unspecified atom stereocenters. The summed E-state index contributed by atoms with van der Waals surface area (Å²) >= 11 is 1.70. The lowest BCUT2D eigenvalue weighted by atomic mass is 10.3. The molecule has 5 heteroatoms. The van der Waals surface area contributed by atoms with Crippen molar-refractivity contribution < 1.29 is 14.6 Å². The van der Waals surface area contributed by atoms with E-state index < -0.39 is 0 Å². The second-order valence-electron chi connectivity index (χ2n) is 4.14. The number of benzene rings is 1. The quantitative estimate of drug-likeness (QED) is 0.794. The van der Waals surface area contributed by atoms with E-state index in [0.717, 1.165) is 28.6 Å². The Balaban J connectivity index is 1.99. The second-order valence-corrected chi connectivity index (χ2v) is 5.23. The second kappa shape index (κ2) is 6.87. The van der Waals surface area contributed by atoms with Crippen molar-refractivity contribution in [2.45, 2.75) is 17.4 Å². The van der Waals surface area contributed by atoms with Crippen molar-refractivity contribution in [1.82, 2.24) is 5.32 Å². The summed E-state index contributed by atoms with van der Waals surface area (Å²) in [5, 5.41) is 12.2. The first-order valence-corrected chi connectivity index (χ1v) is 7.12. The molecule has 0 fully saturated rings. The number of aliphatic hydroxyl groups is 1. The summed E-state index contributed by atoms with van der Waals surface area (Å²) in [6, 6.07) is 6.11. The third-order valence-electron chi connectivity index (χ3n) is 2.80. The minimum absolute atomic E-state index is 0.117. The van der Waals surface area contributed by atoms with Gasteiger partial charge in [0.1, 0.15) is 0 Å². The summed E-state index contributed by atoms with van der Waals surface area (Å²) in [6.45, 7) is 1.57. The van der Waals surface area contributed by atoms with Crippen LogP contribution in [0.25, 0.3) is 0 Å². The van der Waals surface area contributed by atoms with Gasteiger partial charge in [-0.1, -0.05) is 0 Å². The lowest BCUT2D eigenvalue weighted by Crippen LogP contribution is -2.31. The monoisotopic (exact) mass is 269 g/mol. The highest BCUT2D eigenvalue weighted by molar-refractivity contribution is 7.99. The fourth-order valence-corrected chi connectivity index (χ4v) is 2.68. The predicted octanol–water partition coefficient (Wildman–Crippen LogP) is 1.52. The summed E-state index contributed by atoms with van der Waals surface area (Å²) in [5.74, 6) is 2.47. The normalized spacial score (nSPS) is 16.1. The molecular formula is C13H19NO3S. The molecule has 0 spiro atoms. The van der Waals surface area contributed by atoms with Crippen molar-refractivity contribution in [3.05, 3.63) is 18.2 Å². The van der Waals surface area contributed by atoms with Crippen molar-refractivity contribution in [1.29, 1.82) is 0 Å². The molecular weight excluding hydrogens is 250 g/mol. The van der Waals surface area contributed by atoms with Gasteiger partial charge in [0.15, 0.2) is 11.5 Å². The van der Waals surface area contributed by atoms with E-state index in [1.54, 1.807) is 11.8 Å². The number of likely N-dealkylation sites (N-methyl/N-ethyl adjacent to an activating group) is 1. The highest BCUT2D eigenvalue weighted by atomic mass is 32.2. The lowest BCUT2D eigenvalue weighted by molar-refractivity contribution is 0.260. The van der Waals surface area contributed by atoms with E-state index in [0.29, 0.717) is 13.2 Å². The topological polar surface area (TPSA) is 50.7 Å². The maximum atomic E-state index is 9.11. The summed E-state index contributed by atoms with van der Waals surface area (Å²) in [4.78, 5) is 1.13. The van der Waals surface area contributed by atoms with Gasteiger partial charge < -0.3 is 19.9 Å². The van der Waals surface area contributed by atoms with Crippen molar-refractivity contribution in [3.63, 3.8) is 0 Å². The first kappa shape index (κ1) is 13.5. The average molecular weight is 269 g/mol. The first-order valence-electron chi connectivity index (χ1n) is 6.14. The van der Waals surface area contributed by atoms with Crippen LogP contribution in [0.2, 0.25) is 0 Å². The highest BCUT2D eigenvalue weighted by Gasteiger charge is 2.11. The molecule has 1 aromatic carbocycles. The summed E-state index contributed by atoms with van der Waals surface area (Å²) < 4.78 is 11.2. The third-order valence-corrected chi connectivity index (χ3v) is 3.96.